The van der Waals surface area contributed by atoms with E-state index in [1.165, 1.54) is 4.90 Å². The molecule has 0 atom stereocenters. The maximum atomic E-state index is 13.2. The summed E-state index contributed by atoms with van der Waals surface area (Å²) in [5.41, 5.74) is 1.11. The smallest absolute Gasteiger partial charge is 0.261 e. The van der Waals surface area contributed by atoms with Crippen molar-refractivity contribution < 1.29 is 19.4 Å². The van der Waals surface area contributed by atoms with E-state index in [2.05, 4.69) is 12.1 Å². The molecule has 2 heterocycles. The Bertz CT molecular complexity index is 1260. The number of imide groups is 1. The molecule has 3 aromatic carbocycles. The van der Waals surface area contributed by atoms with Crippen molar-refractivity contribution in [3.05, 3.63) is 59.7 Å². The molecule has 0 bridgehead atoms. The number of aliphatic hydroxyl groups is 1. The summed E-state index contributed by atoms with van der Waals surface area (Å²) >= 11 is 1.69. The molecule has 0 saturated heterocycles. The van der Waals surface area contributed by atoms with Crippen molar-refractivity contribution in [2.45, 2.75) is 0 Å². The van der Waals surface area contributed by atoms with E-state index in [4.69, 9.17) is 9.84 Å². The Kier molecular flexibility index (Phi) is 4.12. The second-order valence-electron chi connectivity index (χ2n) is 6.73. The summed E-state index contributed by atoms with van der Waals surface area (Å²) in [4.78, 5) is 27.4. The largest absolute Gasteiger partial charge is 0.394 e. The van der Waals surface area contributed by atoms with Crippen molar-refractivity contribution in [1.29, 1.82) is 0 Å². The van der Waals surface area contributed by atoms with Gasteiger partial charge in [0, 0.05) is 42.1 Å². The first-order valence-electron chi connectivity index (χ1n) is 9.12. The molecular formula is C22H17NO4S. The predicted octanol–water partition coefficient (Wildman–Crippen LogP) is 3.81. The molecule has 6 heteroatoms. The van der Waals surface area contributed by atoms with Crippen LogP contribution in [0.2, 0.25) is 0 Å². The number of fused-ring (bicyclic) bond motifs is 4. The Labute approximate surface area is 164 Å². The first-order valence-corrected chi connectivity index (χ1v) is 9.94. The van der Waals surface area contributed by atoms with E-state index in [1.54, 1.807) is 17.4 Å². The van der Waals surface area contributed by atoms with E-state index in [0.29, 0.717) is 11.1 Å². The van der Waals surface area contributed by atoms with Crippen LogP contribution in [0.3, 0.4) is 0 Å². The molecule has 5 rings (SSSR count). The number of amides is 2. The van der Waals surface area contributed by atoms with Crippen LogP contribution >= 0.6 is 11.3 Å². The average molecular weight is 391 g/mol. The number of aliphatic hydroxyl groups excluding tert-OH is 1. The Balaban J connectivity index is 1.72. The third-order valence-corrected chi connectivity index (χ3v) is 6.37. The van der Waals surface area contributed by atoms with Gasteiger partial charge in [-0.1, -0.05) is 30.3 Å². The number of carbonyl (C=O) groups excluding carboxylic acids is 2. The Hall–Kier alpha value is -2.80. The summed E-state index contributed by atoms with van der Waals surface area (Å²) in [6.45, 7) is 0.458. The molecule has 0 unspecified atom stereocenters. The van der Waals surface area contributed by atoms with Crippen molar-refractivity contribution in [3.8, 4) is 0 Å². The molecule has 0 aliphatic carbocycles. The van der Waals surface area contributed by atoms with E-state index in [-0.39, 0.29) is 38.2 Å². The van der Waals surface area contributed by atoms with Crippen LogP contribution in [-0.2, 0) is 4.74 Å². The first kappa shape index (κ1) is 17.3. The second-order valence-corrected chi connectivity index (χ2v) is 7.78. The van der Waals surface area contributed by atoms with Gasteiger partial charge in [0.1, 0.15) is 0 Å². The Morgan fingerprint density at radius 1 is 0.893 bits per heavy atom. The summed E-state index contributed by atoms with van der Waals surface area (Å²) in [5.74, 6) is -0.588. The molecule has 1 aliphatic heterocycles. The minimum atomic E-state index is -0.295. The lowest BCUT2D eigenvalue weighted by atomic mass is 9.92. The summed E-state index contributed by atoms with van der Waals surface area (Å²) in [6, 6.07) is 15.7. The van der Waals surface area contributed by atoms with Gasteiger partial charge in [0.2, 0.25) is 0 Å². The number of hydrogen-bond donors (Lipinski definition) is 1. The molecule has 1 aromatic heterocycles. The summed E-state index contributed by atoms with van der Waals surface area (Å²) in [6.07, 6.45) is 0. The number of ether oxygens (including phenoxy) is 1. The molecule has 4 aromatic rings. The van der Waals surface area contributed by atoms with E-state index >= 15 is 0 Å². The third-order valence-electron chi connectivity index (χ3n) is 5.15. The predicted molar refractivity (Wildman–Crippen MR) is 110 cm³/mol. The van der Waals surface area contributed by atoms with Crippen LogP contribution in [0.15, 0.2) is 48.5 Å². The van der Waals surface area contributed by atoms with Gasteiger partial charge in [0.15, 0.2) is 0 Å². The minimum Gasteiger partial charge on any atom is -0.394 e. The lowest BCUT2D eigenvalue weighted by molar-refractivity contribution is 0.0478. The summed E-state index contributed by atoms with van der Waals surface area (Å²) < 4.78 is 7.52. The van der Waals surface area contributed by atoms with Crippen LogP contribution in [0.5, 0.6) is 0 Å². The highest BCUT2D eigenvalue weighted by molar-refractivity contribution is 7.26. The van der Waals surface area contributed by atoms with Gasteiger partial charge in [0.25, 0.3) is 11.8 Å². The fourth-order valence-corrected chi connectivity index (χ4v) is 5.13. The summed E-state index contributed by atoms with van der Waals surface area (Å²) in [5, 5.41) is 12.7. The molecule has 2 amide bonds. The van der Waals surface area contributed by atoms with Crippen molar-refractivity contribution >= 4 is 54.1 Å². The summed E-state index contributed by atoms with van der Waals surface area (Å²) in [7, 11) is 0. The van der Waals surface area contributed by atoms with Gasteiger partial charge in [-0.25, -0.2) is 0 Å². The van der Waals surface area contributed by atoms with Gasteiger partial charge >= 0.3 is 0 Å². The highest BCUT2D eigenvalue weighted by Crippen LogP contribution is 2.42. The number of rotatable bonds is 5. The Morgan fingerprint density at radius 3 is 2.54 bits per heavy atom. The zero-order valence-electron chi connectivity index (χ0n) is 15.0. The van der Waals surface area contributed by atoms with Crippen molar-refractivity contribution in [3.63, 3.8) is 0 Å². The average Bonchev–Trinajstić information content (AvgIpc) is 3.10. The molecule has 0 radical (unpaired) electrons. The van der Waals surface area contributed by atoms with Crippen molar-refractivity contribution in [2.24, 2.45) is 0 Å². The highest BCUT2D eigenvalue weighted by Gasteiger charge is 2.33. The SMILES string of the molecule is O=C1c2cccc3c2c(cc2c4ccccc4sc32)C(=O)N1CCOCCO. The maximum absolute atomic E-state index is 13.2. The van der Waals surface area contributed by atoms with Crippen molar-refractivity contribution in [2.75, 3.05) is 26.4 Å². The van der Waals surface area contributed by atoms with Gasteiger partial charge in [-0.15, -0.1) is 11.3 Å². The highest BCUT2D eigenvalue weighted by atomic mass is 32.1. The van der Waals surface area contributed by atoms with Gasteiger partial charge in [0.05, 0.1) is 26.4 Å². The van der Waals surface area contributed by atoms with E-state index in [9.17, 15) is 9.59 Å². The Morgan fingerprint density at radius 2 is 1.68 bits per heavy atom. The second kappa shape index (κ2) is 6.67. The number of nitrogens with zero attached hydrogens (tertiary/aromatic N) is 1. The molecular weight excluding hydrogens is 374 g/mol. The van der Waals surface area contributed by atoms with E-state index in [0.717, 1.165) is 30.9 Å². The molecule has 0 saturated carbocycles. The standard InChI is InChI=1S/C22H17NO4S/c24-9-11-27-10-8-23-21(25)15-6-3-5-14-19(15)17(22(23)26)12-16-13-4-1-2-7-18(13)28-20(14)16/h1-7,12,24H,8-11H2. The zero-order chi connectivity index (χ0) is 19.3. The van der Waals surface area contributed by atoms with Crippen LogP contribution in [0.4, 0.5) is 0 Å². The van der Waals surface area contributed by atoms with Gasteiger partial charge in [-0.2, -0.15) is 0 Å². The fraction of sp³-hybridized carbons (Fsp3) is 0.182. The zero-order valence-corrected chi connectivity index (χ0v) is 15.8. The minimum absolute atomic E-state index is 0.0900. The third kappa shape index (κ3) is 2.46. The molecule has 1 N–H and O–H groups in total. The number of carbonyl (C=O) groups is 2. The van der Waals surface area contributed by atoms with Gasteiger partial charge < -0.3 is 9.84 Å². The lowest BCUT2D eigenvalue weighted by Crippen LogP contribution is -2.42. The molecule has 0 spiro atoms. The number of benzene rings is 3. The molecule has 0 fully saturated rings. The molecule has 1 aliphatic rings. The normalized spacial score (nSPS) is 14.0. The topological polar surface area (TPSA) is 66.8 Å². The fourth-order valence-electron chi connectivity index (χ4n) is 3.91. The monoisotopic (exact) mass is 391 g/mol. The van der Waals surface area contributed by atoms with Gasteiger partial charge in [-0.3, -0.25) is 14.5 Å². The molecule has 28 heavy (non-hydrogen) atoms. The van der Waals surface area contributed by atoms with E-state index < -0.39 is 0 Å². The quantitative estimate of drug-likeness (QED) is 0.415. The maximum Gasteiger partial charge on any atom is 0.261 e. The molecule has 140 valence electrons. The first-order chi connectivity index (χ1) is 13.7. The van der Waals surface area contributed by atoms with Crippen LogP contribution < -0.4 is 0 Å². The number of thiophene rings is 1. The molecule has 5 nitrogen and oxygen atoms in total. The van der Waals surface area contributed by atoms with Crippen LogP contribution in [-0.4, -0.2) is 48.2 Å². The van der Waals surface area contributed by atoms with Crippen LogP contribution in [0, 0.1) is 0 Å². The van der Waals surface area contributed by atoms with Crippen LogP contribution in [0.25, 0.3) is 30.9 Å². The van der Waals surface area contributed by atoms with Crippen LogP contribution in [0.1, 0.15) is 20.7 Å². The van der Waals surface area contributed by atoms with E-state index in [1.807, 2.05) is 30.3 Å². The number of hydrogen-bond acceptors (Lipinski definition) is 5. The lowest BCUT2D eigenvalue weighted by Gasteiger charge is -2.27. The van der Waals surface area contributed by atoms with Crippen molar-refractivity contribution in [1.82, 2.24) is 4.90 Å². The van der Waals surface area contributed by atoms with Gasteiger partial charge in [-0.05, 0) is 18.2 Å².